The first kappa shape index (κ1) is 28.2. The molecule has 0 saturated carbocycles. The highest BCUT2D eigenvalue weighted by Crippen LogP contribution is 2.50. The van der Waals surface area contributed by atoms with Crippen LogP contribution in [0.15, 0.2) is 186 Å². The fourth-order valence-electron chi connectivity index (χ4n) is 8.63. The summed E-state index contributed by atoms with van der Waals surface area (Å²) in [6.07, 6.45) is 0. The molecular formula is C49H31NO. The van der Waals surface area contributed by atoms with Gasteiger partial charge in [-0.1, -0.05) is 127 Å². The van der Waals surface area contributed by atoms with Gasteiger partial charge in [0.05, 0.1) is 11.0 Å². The van der Waals surface area contributed by atoms with Gasteiger partial charge in [0.15, 0.2) is 0 Å². The molecule has 0 spiro atoms. The van der Waals surface area contributed by atoms with Crippen LogP contribution in [0.3, 0.4) is 0 Å². The molecule has 1 unspecified atom stereocenters. The second-order valence-electron chi connectivity index (χ2n) is 13.6. The average Bonchev–Trinajstić information content (AvgIpc) is 3.85. The van der Waals surface area contributed by atoms with Gasteiger partial charge in [-0.05, 0) is 105 Å². The zero-order valence-corrected chi connectivity index (χ0v) is 27.8. The predicted molar refractivity (Wildman–Crippen MR) is 212 cm³/mol. The number of hydrogen-bond donors (Lipinski definition) is 0. The number of nitrogens with zero attached hydrogens (tertiary/aromatic N) is 1. The second kappa shape index (κ2) is 10.9. The van der Waals surface area contributed by atoms with E-state index in [9.17, 15) is 0 Å². The minimum Gasteiger partial charge on any atom is -0.456 e. The van der Waals surface area contributed by atoms with E-state index < -0.39 is 0 Å². The van der Waals surface area contributed by atoms with E-state index in [1.54, 1.807) is 0 Å². The summed E-state index contributed by atoms with van der Waals surface area (Å²) in [6.45, 7) is 0. The molecule has 1 aliphatic carbocycles. The number of furan rings is 1. The van der Waals surface area contributed by atoms with Crippen molar-refractivity contribution >= 4 is 43.7 Å². The molecule has 0 saturated heterocycles. The van der Waals surface area contributed by atoms with Gasteiger partial charge in [-0.25, -0.2) is 0 Å². The van der Waals surface area contributed by atoms with Gasteiger partial charge in [0.2, 0.25) is 0 Å². The van der Waals surface area contributed by atoms with Crippen molar-refractivity contribution < 1.29 is 4.42 Å². The molecule has 0 radical (unpaired) electrons. The van der Waals surface area contributed by atoms with Crippen molar-refractivity contribution in [1.82, 2.24) is 4.57 Å². The molecule has 8 aromatic carbocycles. The van der Waals surface area contributed by atoms with Gasteiger partial charge in [0, 0.05) is 33.2 Å². The van der Waals surface area contributed by atoms with Crippen molar-refractivity contribution in [2.45, 2.75) is 5.92 Å². The van der Waals surface area contributed by atoms with Gasteiger partial charge in [-0.15, -0.1) is 0 Å². The van der Waals surface area contributed by atoms with Crippen LogP contribution in [0.25, 0.3) is 82.8 Å². The number of fused-ring (bicyclic) bond motifs is 9. The molecule has 2 heteroatoms. The Balaban J connectivity index is 1.07. The molecule has 2 heterocycles. The predicted octanol–water partition coefficient (Wildman–Crippen LogP) is 13.2. The lowest BCUT2D eigenvalue weighted by molar-refractivity contribution is 0.669. The van der Waals surface area contributed by atoms with Crippen LogP contribution >= 0.6 is 0 Å². The van der Waals surface area contributed by atoms with Crippen LogP contribution in [0.5, 0.6) is 0 Å². The van der Waals surface area contributed by atoms with E-state index >= 15 is 0 Å². The summed E-state index contributed by atoms with van der Waals surface area (Å²) in [5.74, 6) is 0.235. The monoisotopic (exact) mass is 649 g/mol. The van der Waals surface area contributed by atoms with Crippen LogP contribution in [0.2, 0.25) is 0 Å². The fourth-order valence-corrected chi connectivity index (χ4v) is 8.63. The maximum Gasteiger partial charge on any atom is 0.136 e. The van der Waals surface area contributed by atoms with E-state index in [2.05, 4.69) is 187 Å². The van der Waals surface area contributed by atoms with Crippen LogP contribution in [0.1, 0.15) is 22.6 Å². The summed E-state index contributed by atoms with van der Waals surface area (Å²) < 4.78 is 8.87. The lowest BCUT2D eigenvalue weighted by Crippen LogP contribution is -1.98. The van der Waals surface area contributed by atoms with E-state index in [-0.39, 0.29) is 5.92 Å². The fraction of sp³-hybridized carbons (Fsp3) is 0.0204. The number of benzene rings is 8. The number of rotatable bonds is 4. The third-order valence-electron chi connectivity index (χ3n) is 10.9. The maximum absolute atomic E-state index is 6.51. The molecule has 2 nitrogen and oxygen atoms in total. The van der Waals surface area contributed by atoms with Crippen molar-refractivity contribution in [1.29, 1.82) is 0 Å². The summed E-state index contributed by atoms with van der Waals surface area (Å²) in [5.41, 5.74) is 16.8. The zero-order chi connectivity index (χ0) is 33.5. The minimum absolute atomic E-state index is 0.235. The highest BCUT2D eigenvalue weighted by atomic mass is 16.3. The molecule has 0 N–H and O–H groups in total. The van der Waals surface area contributed by atoms with Crippen molar-refractivity contribution in [2.75, 3.05) is 0 Å². The van der Waals surface area contributed by atoms with Crippen molar-refractivity contribution in [3.8, 4) is 39.1 Å². The SMILES string of the molecule is c1ccc(C2c3ccccc3-c3cc(-c4cccc5oc6ccc(-c7ccc8c(c7)c7ccccc7n8-c7ccccc7)cc6c45)ccc32)cc1. The number of para-hydroxylation sites is 2. The van der Waals surface area contributed by atoms with Gasteiger partial charge in [0.25, 0.3) is 0 Å². The van der Waals surface area contributed by atoms with E-state index in [1.807, 2.05) is 0 Å². The van der Waals surface area contributed by atoms with Gasteiger partial charge >= 0.3 is 0 Å². The summed E-state index contributed by atoms with van der Waals surface area (Å²) in [5, 5.41) is 4.79. The molecule has 11 rings (SSSR count). The molecule has 1 atom stereocenters. The van der Waals surface area contributed by atoms with Gasteiger partial charge in [0.1, 0.15) is 11.2 Å². The first-order chi connectivity index (χ1) is 25.3. The summed E-state index contributed by atoms with van der Waals surface area (Å²) in [6, 6.07) is 66.1. The van der Waals surface area contributed by atoms with Crippen LogP contribution in [0, 0.1) is 0 Å². The lowest BCUT2D eigenvalue weighted by atomic mass is 9.88. The molecule has 0 aliphatic heterocycles. The normalized spacial score (nSPS) is 13.7. The summed E-state index contributed by atoms with van der Waals surface area (Å²) in [4.78, 5) is 0. The molecule has 0 amide bonds. The Bertz CT molecular complexity index is 2970. The first-order valence-corrected chi connectivity index (χ1v) is 17.6. The minimum atomic E-state index is 0.235. The van der Waals surface area contributed by atoms with Crippen LogP contribution in [0.4, 0.5) is 0 Å². The van der Waals surface area contributed by atoms with Crippen LogP contribution in [-0.2, 0) is 0 Å². The maximum atomic E-state index is 6.51. The Labute approximate surface area is 295 Å². The van der Waals surface area contributed by atoms with E-state index in [1.165, 1.54) is 77.6 Å². The topological polar surface area (TPSA) is 18.1 Å². The van der Waals surface area contributed by atoms with Crippen LogP contribution in [-0.4, -0.2) is 4.57 Å². The second-order valence-corrected chi connectivity index (χ2v) is 13.6. The number of aromatic nitrogens is 1. The quantitative estimate of drug-likeness (QED) is 0.186. The Hall–Kier alpha value is -6.64. The third-order valence-corrected chi connectivity index (χ3v) is 10.9. The molecule has 2 aromatic heterocycles. The molecule has 238 valence electrons. The molecule has 10 aromatic rings. The Morgan fingerprint density at radius 2 is 1.06 bits per heavy atom. The van der Waals surface area contributed by atoms with E-state index in [0.29, 0.717) is 0 Å². The van der Waals surface area contributed by atoms with Gasteiger partial charge in [-0.2, -0.15) is 0 Å². The Kier molecular flexibility index (Phi) is 6.05. The van der Waals surface area contributed by atoms with Gasteiger partial charge < -0.3 is 8.98 Å². The highest BCUT2D eigenvalue weighted by molar-refractivity contribution is 6.14. The smallest absolute Gasteiger partial charge is 0.136 e. The molecular weight excluding hydrogens is 619 g/mol. The largest absolute Gasteiger partial charge is 0.456 e. The highest BCUT2D eigenvalue weighted by Gasteiger charge is 2.30. The zero-order valence-electron chi connectivity index (χ0n) is 27.8. The molecule has 0 fully saturated rings. The first-order valence-electron chi connectivity index (χ1n) is 17.6. The van der Waals surface area contributed by atoms with E-state index in [0.717, 1.165) is 21.9 Å². The Morgan fingerprint density at radius 1 is 0.392 bits per heavy atom. The Morgan fingerprint density at radius 3 is 1.94 bits per heavy atom. The van der Waals surface area contributed by atoms with Crippen LogP contribution < -0.4 is 0 Å². The van der Waals surface area contributed by atoms with Crippen molar-refractivity contribution in [3.05, 3.63) is 199 Å². The van der Waals surface area contributed by atoms with Gasteiger partial charge in [-0.3, -0.25) is 0 Å². The van der Waals surface area contributed by atoms with Crippen molar-refractivity contribution in [2.24, 2.45) is 0 Å². The average molecular weight is 650 g/mol. The molecule has 1 aliphatic rings. The third kappa shape index (κ3) is 4.23. The number of hydrogen-bond acceptors (Lipinski definition) is 1. The lowest BCUT2D eigenvalue weighted by Gasteiger charge is -2.14. The summed E-state index contributed by atoms with van der Waals surface area (Å²) >= 11 is 0. The molecule has 51 heavy (non-hydrogen) atoms. The van der Waals surface area contributed by atoms with Crippen molar-refractivity contribution in [3.63, 3.8) is 0 Å². The summed E-state index contributed by atoms with van der Waals surface area (Å²) in [7, 11) is 0. The van der Waals surface area contributed by atoms with E-state index in [4.69, 9.17) is 4.42 Å². The molecule has 0 bridgehead atoms. The standard InChI is InChI=1S/C49H31NO/c1-3-12-31(13-4-1)48-39-18-8-7-16-37(39)41-30-34(22-25-40(41)48)36-19-11-21-47-49(36)43-29-33(24-27-46(43)51-47)32-23-26-45-42(28-32)38-17-9-10-20-44(38)50(45)35-14-5-2-6-15-35/h1-30,48H.